The Morgan fingerprint density at radius 2 is 0.566 bits per heavy atom. The van der Waals surface area contributed by atoms with Gasteiger partial charge in [0.1, 0.15) is 73.2 Å². The fourth-order valence-corrected chi connectivity index (χ4v) is 16.3. The number of aliphatic hydroxyl groups is 11. The summed E-state index contributed by atoms with van der Waals surface area (Å²) in [5, 5.41) is 121. The third kappa shape index (κ3) is 52.1. The Hall–Kier alpha value is -1.99. The van der Waals surface area contributed by atoms with Crippen molar-refractivity contribution < 1.29 is 89.4 Å². The topological polar surface area (TPSA) is 307 Å². The van der Waals surface area contributed by atoms with Crippen molar-refractivity contribution in [3.05, 3.63) is 36.5 Å². The zero-order valence-electron chi connectivity index (χ0n) is 72.1. The second kappa shape index (κ2) is 73.9. The molecule has 12 N–H and O–H groups in total. The Morgan fingerprint density at radius 3 is 0.885 bits per heavy atom. The van der Waals surface area contributed by atoms with E-state index in [4.69, 9.17) is 28.4 Å². The number of nitrogens with one attached hydrogen (secondary N) is 1. The van der Waals surface area contributed by atoms with Gasteiger partial charge >= 0.3 is 0 Å². The quantitative estimate of drug-likeness (QED) is 0.0199. The summed E-state index contributed by atoms with van der Waals surface area (Å²) in [6.45, 7) is 1.79. The van der Waals surface area contributed by atoms with Crippen molar-refractivity contribution in [2.45, 2.75) is 529 Å². The molecule has 0 radical (unpaired) electrons. The lowest BCUT2D eigenvalue weighted by molar-refractivity contribution is -0.379. The predicted molar refractivity (Wildman–Crippen MR) is 457 cm³/mol. The minimum Gasteiger partial charge on any atom is -0.394 e. The largest absolute Gasteiger partial charge is 0.394 e. The van der Waals surface area contributed by atoms with Crippen LogP contribution in [0.5, 0.6) is 0 Å². The summed E-state index contributed by atoms with van der Waals surface area (Å²) < 4.78 is 34.5. The van der Waals surface area contributed by atoms with Gasteiger partial charge in [0.2, 0.25) is 5.91 Å². The smallest absolute Gasteiger partial charge is 0.220 e. The summed E-state index contributed by atoms with van der Waals surface area (Å²) in [6.07, 6.45) is 69.0. The molecule has 0 aromatic carbocycles. The van der Waals surface area contributed by atoms with Gasteiger partial charge in [-0.1, -0.05) is 397 Å². The molecule has 1 amide bonds. The van der Waals surface area contributed by atoms with E-state index in [9.17, 15) is 61.0 Å². The van der Waals surface area contributed by atoms with E-state index in [1.807, 2.05) is 6.08 Å². The molecule has 0 spiro atoms. The fourth-order valence-electron chi connectivity index (χ4n) is 16.3. The first-order chi connectivity index (χ1) is 55.3. The number of carbonyl (C=O) groups excluding carboxylic acids is 1. The number of aliphatic hydroxyl groups excluding tert-OH is 11. The van der Waals surface area contributed by atoms with Gasteiger partial charge < -0.3 is 89.9 Å². The minimum atomic E-state index is -1.98. The van der Waals surface area contributed by atoms with E-state index in [2.05, 4.69) is 43.5 Å². The number of ether oxygens (including phenoxy) is 6. The molecule has 0 aromatic heterocycles. The Bertz CT molecular complexity index is 2170. The van der Waals surface area contributed by atoms with Gasteiger partial charge in [-0.05, 0) is 57.8 Å². The Morgan fingerprint density at radius 1 is 0.310 bits per heavy atom. The van der Waals surface area contributed by atoms with Crippen LogP contribution in [0, 0.1) is 0 Å². The van der Waals surface area contributed by atoms with Crippen LogP contribution in [-0.4, -0.2) is 193 Å². The molecule has 113 heavy (non-hydrogen) atoms. The lowest BCUT2D eigenvalue weighted by Crippen LogP contribution is -2.66. The van der Waals surface area contributed by atoms with E-state index in [1.165, 1.54) is 353 Å². The van der Waals surface area contributed by atoms with E-state index in [0.717, 1.165) is 38.5 Å². The summed E-state index contributed by atoms with van der Waals surface area (Å²) in [6, 6.07) is -0.991. The van der Waals surface area contributed by atoms with Crippen LogP contribution >= 0.6 is 0 Å². The van der Waals surface area contributed by atoms with Gasteiger partial charge in [0.05, 0.1) is 38.6 Å². The normalized spacial score (nSPS) is 24.9. The zero-order chi connectivity index (χ0) is 81.7. The van der Waals surface area contributed by atoms with Crippen LogP contribution in [0.15, 0.2) is 36.5 Å². The third-order valence-electron chi connectivity index (χ3n) is 23.9. The van der Waals surface area contributed by atoms with E-state index in [-0.39, 0.29) is 18.9 Å². The first-order valence-electron chi connectivity index (χ1n) is 47.7. The molecule has 17 unspecified atom stereocenters. The van der Waals surface area contributed by atoms with Gasteiger partial charge in [-0.2, -0.15) is 0 Å². The van der Waals surface area contributed by atoms with Crippen molar-refractivity contribution in [2.75, 3.05) is 26.4 Å². The maximum Gasteiger partial charge on any atom is 0.220 e. The summed E-state index contributed by atoms with van der Waals surface area (Å²) in [5.41, 5.74) is 0. The van der Waals surface area contributed by atoms with Crippen molar-refractivity contribution >= 4 is 5.91 Å². The van der Waals surface area contributed by atoms with Crippen molar-refractivity contribution in [3.8, 4) is 0 Å². The molecule has 0 aliphatic carbocycles. The predicted octanol–water partition coefficient (Wildman–Crippen LogP) is 19.0. The highest BCUT2D eigenvalue weighted by Gasteiger charge is 2.54. The van der Waals surface area contributed by atoms with Crippen molar-refractivity contribution in [2.24, 2.45) is 0 Å². The maximum atomic E-state index is 13.5. The average molecular weight is 1610 g/mol. The lowest BCUT2D eigenvalue weighted by atomic mass is 9.96. The van der Waals surface area contributed by atoms with Crippen LogP contribution in [-0.2, 0) is 33.2 Å². The molecular formula is C94H177NO18. The number of unbranched alkanes of at least 4 members (excludes halogenated alkanes) is 59. The Balaban J connectivity index is 1.30. The van der Waals surface area contributed by atoms with Gasteiger partial charge in [0.25, 0.3) is 0 Å². The van der Waals surface area contributed by atoms with Crippen LogP contribution < -0.4 is 5.32 Å². The highest BCUT2D eigenvalue weighted by atomic mass is 16.8. The number of allylic oxidation sites excluding steroid dienone is 5. The average Bonchev–Trinajstić information content (AvgIpc) is 0.780. The maximum absolute atomic E-state index is 13.5. The SMILES string of the molecule is CCCCCCCCCC/C=C\CCCCCCCCCCCCCCCCCCCCCCCCCCCCCC(=O)NC(COC1OC(CO)C(OC2OC(CO)C(OC3OC(CO)C(O)C(O)C3O)C(O)C2O)C(O)C1O)C(O)/C=C/CC/C=C/CCCCCCCCCCCCCCCCCCCCCCCCC. The second-order valence-electron chi connectivity index (χ2n) is 34.2. The second-order valence-corrected chi connectivity index (χ2v) is 34.2. The molecule has 3 rings (SSSR count). The van der Waals surface area contributed by atoms with E-state index >= 15 is 0 Å². The molecule has 0 saturated carbocycles. The Labute approximate surface area is 689 Å². The molecule has 0 aromatic rings. The first-order valence-corrected chi connectivity index (χ1v) is 47.7. The van der Waals surface area contributed by atoms with Gasteiger partial charge in [-0.3, -0.25) is 4.79 Å². The molecule has 3 fully saturated rings. The van der Waals surface area contributed by atoms with Crippen LogP contribution in [0.25, 0.3) is 0 Å². The summed E-state index contributed by atoms with van der Waals surface area (Å²) >= 11 is 0. The molecule has 3 aliphatic rings. The standard InChI is InChI=1S/C94H177NO18/c1-3-5-7-9-11-13-15-17-19-21-23-25-27-29-31-33-34-35-36-37-38-39-40-41-42-44-46-48-50-52-54-56-58-60-62-64-66-68-70-72-82(100)95-77(78(99)71-69-67-65-63-61-59-57-55-53-51-49-47-45-43-32-30-28-26-24-22-20-18-16-14-12-10-8-6-4-2)76-108-92-88(106)85(103)90(80(74-97)110-92)113-94-89(107)86(104)91(81(75-98)111-94)112-93-87(105)84(102)83(101)79(73-96)109-93/h21,23,61,63,69,71,77-81,83-94,96-99,101-107H,3-20,22,24-60,62,64-68,70,72-76H2,1-2H3,(H,95,100)/b23-21-,63-61+,71-69+. The number of rotatable bonds is 79. The van der Waals surface area contributed by atoms with E-state index < -0.39 is 124 Å². The van der Waals surface area contributed by atoms with E-state index in [1.54, 1.807) is 6.08 Å². The van der Waals surface area contributed by atoms with E-state index in [0.29, 0.717) is 12.8 Å². The van der Waals surface area contributed by atoms with Crippen molar-refractivity contribution in [1.82, 2.24) is 5.32 Å². The van der Waals surface area contributed by atoms with Crippen LogP contribution in [0.3, 0.4) is 0 Å². The number of carbonyl (C=O) groups is 1. The molecule has 19 heteroatoms. The molecule has 17 atom stereocenters. The molecule has 0 bridgehead atoms. The van der Waals surface area contributed by atoms with Gasteiger partial charge in [-0.15, -0.1) is 0 Å². The number of hydrogen-bond donors (Lipinski definition) is 12. The van der Waals surface area contributed by atoms with Crippen molar-refractivity contribution in [1.29, 1.82) is 0 Å². The van der Waals surface area contributed by atoms with Gasteiger partial charge in [-0.25, -0.2) is 0 Å². The highest BCUT2D eigenvalue weighted by molar-refractivity contribution is 5.76. The summed E-state index contributed by atoms with van der Waals surface area (Å²) in [4.78, 5) is 13.5. The lowest BCUT2D eigenvalue weighted by Gasteiger charge is -2.48. The van der Waals surface area contributed by atoms with Crippen molar-refractivity contribution in [3.63, 3.8) is 0 Å². The molecular weight excluding hydrogens is 1430 g/mol. The van der Waals surface area contributed by atoms with Gasteiger partial charge in [0.15, 0.2) is 18.9 Å². The van der Waals surface area contributed by atoms with Gasteiger partial charge in [0, 0.05) is 6.42 Å². The Kier molecular flexibility index (Phi) is 68.8. The van der Waals surface area contributed by atoms with Crippen LogP contribution in [0.2, 0.25) is 0 Å². The molecule has 3 saturated heterocycles. The molecule has 19 nitrogen and oxygen atoms in total. The summed E-state index contributed by atoms with van der Waals surface area (Å²) in [5.74, 6) is -0.276. The summed E-state index contributed by atoms with van der Waals surface area (Å²) in [7, 11) is 0. The molecule has 3 heterocycles. The number of hydrogen-bond acceptors (Lipinski definition) is 18. The van der Waals surface area contributed by atoms with Crippen LogP contribution in [0.4, 0.5) is 0 Å². The number of amides is 1. The zero-order valence-corrected chi connectivity index (χ0v) is 72.1. The molecule has 666 valence electrons. The third-order valence-corrected chi connectivity index (χ3v) is 23.9. The molecule has 3 aliphatic heterocycles. The minimum absolute atomic E-state index is 0.240. The fraction of sp³-hybridized carbons (Fsp3) is 0.926. The monoisotopic (exact) mass is 1610 g/mol. The van der Waals surface area contributed by atoms with Crippen LogP contribution in [0.1, 0.15) is 425 Å². The highest BCUT2D eigenvalue weighted by Crippen LogP contribution is 2.34. The first kappa shape index (κ1) is 105.